The first-order valence-electron chi connectivity index (χ1n) is 10.6. The second-order valence-electron chi connectivity index (χ2n) is 7.01. The van der Waals surface area contributed by atoms with Gasteiger partial charge in [0.05, 0.1) is 18.9 Å². The topological polar surface area (TPSA) is 99.6 Å². The van der Waals surface area contributed by atoms with E-state index < -0.39 is 0 Å². The van der Waals surface area contributed by atoms with E-state index in [0.717, 1.165) is 54.6 Å². The van der Waals surface area contributed by atoms with Gasteiger partial charge in [0.25, 0.3) is 0 Å². The molecule has 29 heavy (non-hydrogen) atoms. The van der Waals surface area contributed by atoms with E-state index in [1.54, 1.807) is 0 Å². The molecule has 0 saturated carbocycles. The van der Waals surface area contributed by atoms with E-state index in [-0.39, 0.29) is 0 Å². The summed E-state index contributed by atoms with van der Waals surface area (Å²) in [7, 11) is 0. The van der Waals surface area contributed by atoms with Gasteiger partial charge in [-0.15, -0.1) is 10.2 Å². The van der Waals surface area contributed by atoms with Crippen molar-refractivity contribution in [1.29, 1.82) is 0 Å². The van der Waals surface area contributed by atoms with Gasteiger partial charge in [-0.2, -0.15) is 0 Å². The summed E-state index contributed by atoms with van der Waals surface area (Å²) < 4.78 is 13.5. The van der Waals surface area contributed by atoms with E-state index in [9.17, 15) is 0 Å². The van der Waals surface area contributed by atoms with Crippen LogP contribution in [0.4, 0.5) is 5.69 Å². The highest BCUT2D eigenvalue weighted by molar-refractivity contribution is 5.94. The van der Waals surface area contributed by atoms with Crippen molar-refractivity contribution in [3.05, 3.63) is 29.8 Å². The maximum atomic E-state index is 6.10. The van der Waals surface area contributed by atoms with Crippen LogP contribution in [0.15, 0.2) is 23.2 Å². The maximum Gasteiger partial charge on any atom is 0.193 e. The van der Waals surface area contributed by atoms with Crippen molar-refractivity contribution in [1.82, 2.24) is 14.8 Å². The number of fused-ring (bicyclic) bond motifs is 1. The molecule has 0 fully saturated rings. The van der Waals surface area contributed by atoms with Gasteiger partial charge in [0.2, 0.25) is 0 Å². The Bertz CT molecular complexity index is 817. The standard InChI is InChI=1S/C21H32N6O2/c1-3-28-16-11-12-18(29-4-2)17(15-16)24-21(22)23-13-8-10-20-26-25-19-9-6-5-7-14-27(19)20/h11-12,15H,3-10,13-14H2,1-2H3,(H3,22,23,24). The molecular formula is C21H32N6O2. The van der Waals surface area contributed by atoms with Crippen LogP contribution in [0.1, 0.15) is 51.2 Å². The molecule has 0 atom stereocenters. The average molecular weight is 401 g/mol. The Kier molecular flexibility index (Phi) is 7.72. The van der Waals surface area contributed by atoms with Crippen LogP contribution in [0.25, 0.3) is 0 Å². The zero-order valence-electron chi connectivity index (χ0n) is 17.5. The fourth-order valence-corrected chi connectivity index (χ4v) is 3.49. The summed E-state index contributed by atoms with van der Waals surface area (Å²) in [5.41, 5.74) is 6.85. The van der Waals surface area contributed by atoms with Crippen molar-refractivity contribution in [2.45, 2.75) is 58.9 Å². The third-order valence-corrected chi connectivity index (χ3v) is 4.85. The molecule has 2 aromatic rings. The predicted octanol–water partition coefficient (Wildman–Crippen LogP) is 3.16. The number of ether oxygens (including phenoxy) is 2. The van der Waals surface area contributed by atoms with Crippen molar-refractivity contribution in [2.24, 2.45) is 10.7 Å². The number of hydrogen-bond donors (Lipinski definition) is 2. The lowest BCUT2D eigenvalue weighted by Gasteiger charge is -2.14. The average Bonchev–Trinajstić information content (AvgIpc) is 2.93. The Hall–Kier alpha value is -2.77. The molecule has 8 nitrogen and oxygen atoms in total. The number of hydrogen-bond acceptors (Lipinski definition) is 5. The number of rotatable bonds is 9. The molecule has 0 spiro atoms. The Morgan fingerprint density at radius 1 is 1.17 bits per heavy atom. The number of nitrogens with zero attached hydrogens (tertiary/aromatic N) is 4. The normalized spacial score (nSPS) is 14.2. The van der Waals surface area contributed by atoms with Gasteiger partial charge < -0.3 is 25.1 Å². The first kappa shape index (κ1) is 21.0. The third-order valence-electron chi connectivity index (χ3n) is 4.85. The molecule has 3 rings (SSSR count). The number of aryl methyl sites for hydroxylation is 2. The predicted molar refractivity (Wildman–Crippen MR) is 115 cm³/mol. The lowest BCUT2D eigenvalue weighted by molar-refractivity contribution is 0.332. The molecule has 8 heteroatoms. The number of aliphatic imine (C=N–C) groups is 1. The van der Waals surface area contributed by atoms with E-state index in [1.807, 2.05) is 32.0 Å². The van der Waals surface area contributed by atoms with E-state index >= 15 is 0 Å². The van der Waals surface area contributed by atoms with Gasteiger partial charge in [-0.25, -0.2) is 0 Å². The third kappa shape index (κ3) is 5.85. The molecule has 1 aliphatic rings. The van der Waals surface area contributed by atoms with Gasteiger partial charge in [-0.05, 0) is 45.2 Å². The lowest BCUT2D eigenvalue weighted by Crippen LogP contribution is -2.23. The summed E-state index contributed by atoms with van der Waals surface area (Å²) in [6.07, 6.45) is 6.44. The van der Waals surface area contributed by atoms with Crippen LogP contribution in [0.2, 0.25) is 0 Å². The van der Waals surface area contributed by atoms with Crippen LogP contribution in [-0.2, 0) is 19.4 Å². The number of nitrogens with one attached hydrogen (secondary N) is 1. The molecular weight excluding hydrogens is 368 g/mol. The van der Waals surface area contributed by atoms with Crippen molar-refractivity contribution >= 4 is 11.6 Å². The van der Waals surface area contributed by atoms with Gasteiger partial charge in [-0.1, -0.05) is 6.42 Å². The highest BCUT2D eigenvalue weighted by Gasteiger charge is 2.14. The van der Waals surface area contributed by atoms with Crippen LogP contribution in [0.3, 0.4) is 0 Å². The van der Waals surface area contributed by atoms with Crippen molar-refractivity contribution in [3.8, 4) is 11.5 Å². The molecule has 3 N–H and O–H groups in total. The zero-order valence-corrected chi connectivity index (χ0v) is 17.5. The minimum atomic E-state index is 0.361. The number of benzene rings is 1. The number of guanidine groups is 1. The monoisotopic (exact) mass is 400 g/mol. The molecule has 0 aliphatic carbocycles. The minimum absolute atomic E-state index is 0.361. The second-order valence-corrected chi connectivity index (χ2v) is 7.01. The SMILES string of the molecule is CCOc1ccc(OCC)c(NC(N)=NCCCc2nnc3n2CCCCC3)c1. The Morgan fingerprint density at radius 2 is 2.03 bits per heavy atom. The molecule has 0 saturated heterocycles. The molecule has 1 aromatic carbocycles. The van der Waals surface area contributed by atoms with Crippen LogP contribution in [0, 0.1) is 0 Å². The summed E-state index contributed by atoms with van der Waals surface area (Å²) in [5.74, 6) is 4.03. The van der Waals surface area contributed by atoms with Crippen LogP contribution < -0.4 is 20.5 Å². The maximum absolute atomic E-state index is 6.10. The first-order chi connectivity index (χ1) is 14.2. The van der Waals surface area contributed by atoms with Crippen LogP contribution in [-0.4, -0.2) is 40.5 Å². The molecule has 2 heterocycles. The van der Waals surface area contributed by atoms with Crippen LogP contribution in [0.5, 0.6) is 11.5 Å². The largest absolute Gasteiger partial charge is 0.494 e. The van der Waals surface area contributed by atoms with E-state index in [1.165, 1.54) is 19.3 Å². The molecule has 0 radical (unpaired) electrons. The summed E-state index contributed by atoms with van der Waals surface area (Å²) >= 11 is 0. The Labute approximate surface area is 172 Å². The highest BCUT2D eigenvalue weighted by Crippen LogP contribution is 2.29. The molecule has 158 valence electrons. The summed E-state index contributed by atoms with van der Waals surface area (Å²) in [6.45, 7) is 6.72. The van der Waals surface area contributed by atoms with Gasteiger partial charge >= 0.3 is 0 Å². The molecule has 0 unspecified atom stereocenters. The van der Waals surface area contributed by atoms with Crippen molar-refractivity contribution in [2.75, 3.05) is 25.1 Å². The second kappa shape index (κ2) is 10.7. The Morgan fingerprint density at radius 3 is 2.86 bits per heavy atom. The number of aromatic nitrogens is 3. The lowest BCUT2D eigenvalue weighted by atomic mass is 10.2. The minimum Gasteiger partial charge on any atom is -0.494 e. The summed E-state index contributed by atoms with van der Waals surface area (Å²) in [5, 5.41) is 11.9. The number of anilines is 1. The molecule has 1 aliphatic heterocycles. The highest BCUT2D eigenvalue weighted by atomic mass is 16.5. The van der Waals surface area contributed by atoms with Gasteiger partial charge in [0.1, 0.15) is 23.1 Å². The fourth-order valence-electron chi connectivity index (χ4n) is 3.49. The van der Waals surface area contributed by atoms with Gasteiger partial charge in [-0.3, -0.25) is 4.99 Å². The molecule has 0 bridgehead atoms. The summed E-state index contributed by atoms with van der Waals surface area (Å²) in [4.78, 5) is 4.46. The van der Waals surface area contributed by atoms with Gasteiger partial charge in [0.15, 0.2) is 5.96 Å². The summed E-state index contributed by atoms with van der Waals surface area (Å²) in [6, 6.07) is 5.64. The zero-order chi connectivity index (χ0) is 20.5. The van der Waals surface area contributed by atoms with E-state index in [0.29, 0.717) is 25.7 Å². The van der Waals surface area contributed by atoms with E-state index in [4.69, 9.17) is 15.2 Å². The smallest absolute Gasteiger partial charge is 0.193 e. The van der Waals surface area contributed by atoms with Crippen molar-refractivity contribution in [3.63, 3.8) is 0 Å². The molecule has 0 amide bonds. The first-order valence-corrected chi connectivity index (χ1v) is 10.6. The Balaban J connectivity index is 1.55. The number of nitrogens with two attached hydrogens (primary N) is 1. The van der Waals surface area contributed by atoms with Crippen LogP contribution >= 0.6 is 0 Å². The quantitative estimate of drug-likeness (QED) is 0.381. The molecule has 1 aromatic heterocycles. The van der Waals surface area contributed by atoms with E-state index in [2.05, 4.69) is 25.1 Å². The fraction of sp³-hybridized carbons (Fsp3) is 0.571. The van der Waals surface area contributed by atoms with Crippen molar-refractivity contribution < 1.29 is 9.47 Å². The van der Waals surface area contributed by atoms with Gasteiger partial charge in [0, 0.05) is 32.0 Å².